The quantitative estimate of drug-likeness (QED) is 0.129. The lowest BCUT2D eigenvalue weighted by molar-refractivity contribution is -0.122. The number of nitrogens with one attached hydrogen (secondary N) is 4. The number of hydrogen-bond acceptors (Lipinski definition) is 9. The molecular weight excluding hydrogens is 514 g/mol. The third kappa shape index (κ3) is 9.52. The number of carbonyl (C=O) groups is 2. The van der Waals surface area contributed by atoms with Gasteiger partial charge in [0.25, 0.3) is 5.91 Å². The molecule has 0 saturated carbocycles. The molecule has 0 aliphatic carbocycles. The lowest BCUT2D eigenvalue weighted by Crippen LogP contribution is -2.36. The van der Waals surface area contributed by atoms with Gasteiger partial charge in [0.2, 0.25) is 5.91 Å². The summed E-state index contributed by atoms with van der Waals surface area (Å²) < 4.78 is 21.0. The first-order chi connectivity index (χ1) is 19.4. The van der Waals surface area contributed by atoms with Gasteiger partial charge in [-0.15, -0.1) is 0 Å². The van der Waals surface area contributed by atoms with Crippen LogP contribution in [0.3, 0.4) is 0 Å². The summed E-state index contributed by atoms with van der Waals surface area (Å²) in [5.74, 6) is 2.16. The number of amides is 2. The smallest absolute Gasteiger partial charge is 0.271 e. The van der Waals surface area contributed by atoms with Gasteiger partial charge in [-0.25, -0.2) is 10.9 Å². The van der Waals surface area contributed by atoms with Gasteiger partial charge in [0.15, 0.2) is 0 Å². The summed E-state index contributed by atoms with van der Waals surface area (Å²) >= 11 is 0. The summed E-state index contributed by atoms with van der Waals surface area (Å²) in [5.41, 5.74) is 11.1. The van der Waals surface area contributed by atoms with E-state index in [1.54, 1.807) is 77.0 Å². The third-order valence-corrected chi connectivity index (χ3v) is 5.74. The van der Waals surface area contributed by atoms with Crippen LogP contribution in [-0.2, 0) is 11.3 Å². The number of hydrazine groups is 1. The molecule has 0 unspecified atom stereocenters. The second-order valence-corrected chi connectivity index (χ2v) is 8.58. The fraction of sp³-hybridized carbons (Fsp3) is 0.276. The van der Waals surface area contributed by atoms with E-state index in [1.807, 2.05) is 12.1 Å². The van der Waals surface area contributed by atoms with Crippen LogP contribution >= 0.6 is 0 Å². The zero-order valence-corrected chi connectivity index (χ0v) is 23.1. The normalized spacial score (nSPS) is 10.6. The first kappa shape index (κ1) is 29.8. The van der Waals surface area contributed by atoms with Crippen molar-refractivity contribution in [2.24, 2.45) is 5.10 Å². The van der Waals surface area contributed by atoms with E-state index in [4.69, 9.17) is 18.9 Å². The average Bonchev–Trinajstić information content (AvgIpc) is 2.99. The minimum Gasteiger partial charge on any atom is -0.497 e. The minimum absolute atomic E-state index is 0.114. The van der Waals surface area contributed by atoms with E-state index in [1.165, 1.54) is 6.21 Å². The van der Waals surface area contributed by atoms with Gasteiger partial charge in [-0.1, -0.05) is 0 Å². The van der Waals surface area contributed by atoms with Gasteiger partial charge in [0.05, 0.1) is 34.7 Å². The molecule has 40 heavy (non-hydrogen) atoms. The van der Waals surface area contributed by atoms with Gasteiger partial charge in [-0.05, 0) is 60.5 Å². The number of methoxy groups -OCH3 is 4. The molecular formula is C29H35N5O6. The number of hydrazone groups is 1. The highest BCUT2D eigenvalue weighted by Gasteiger charge is 2.06. The summed E-state index contributed by atoms with van der Waals surface area (Å²) in [6.07, 6.45) is 2.49. The van der Waals surface area contributed by atoms with Crippen LogP contribution in [0.5, 0.6) is 23.0 Å². The topological polar surface area (TPSA) is 132 Å². The molecule has 0 radical (unpaired) electrons. The minimum atomic E-state index is -0.339. The van der Waals surface area contributed by atoms with Crippen molar-refractivity contribution in [3.63, 3.8) is 0 Å². The highest BCUT2D eigenvalue weighted by atomic mass is 16.5. The van der Waals surface area contributed by atoms with Gasteiger partial charge in [-0.2, -0.15) is 5.10 Å². The lowest BCUT2D eigenvalue weighted by Gasteiger charge is -2.11. The molecule has 0 heterocycles. The van der Waals surface area contributed by atoms with Crippen molar-refractivity contribution in [2.75, 3.05) is 40.3 Å². The molecule has 0 aliphatic rings. The number of carbonyl (C=O) groups excluding carboxylic acids is 2. The first-order valence-electron chi connectivity index (χ1n) is 12.6. The maximum atomic E-state index is 12.4. The summed E-state index contributed by atoms with van der Waals surface area (Å²) in [4.78, 5) is 24.5. The summed E-state index contributed by atoms with van der Waals surface area (Å²) in [6.45, 7) is 1.03. The van der Waals surface area contributed by atoms with E-state index in [-0.39, 0.29) is 11.8 Å². The number of rotatable bonds is 15. The Labute approximate surface area is 233 Å². The molecule has 0 spiro atoms. The Hall–Kier alpha value is -4.77. The Morgan fingerprint density at radius 2 is 1.38 bits per heavy atom. The molecule has 2 amide bonds. The highest BCUT2D eigenvalue weighted by Crippen LogP contribution is 2.22. The Morgan fingerprint density at radius 1 is 0.800 bits per heavy atom. The second kappa shape index (κ2) is 15.6. The number of hydrogen-bond donors (Lipinski definition) is 4. The maximum Gasteiger partial charge on any atom is 0.271 e. The van der Waals surface area contributed by atoms with Crippen molar-refractivity contribution in [1.29, 1.82) is 0 Å². The predicted octanol–water partition coefficient (Wildman–Crippen LogP) is 3.50. The van der Waals surface area contributed by atoms with E-state index in [2.05, 4.69) is 26.7 Å². The van der Waals surface area contributed by atoms with Gasteiger partial charge in [0.1, 0.15) is 23.0 Å². The molecule has 0 fully saturated rings. The van der Waals surface area contributed by atoms with E-state index in [0.29, 0.717) is 54.5 Å². The molecule has 0 aromatic heterocycles. The zero-order valence-electron chi connectivity index (χ0n) is 23.1. The standard InChI is InChI=1S/C29H35N5O6/c1-37-24-12-20(13-25(16-24)38-2)18-31-33-28(35)6-5-11-30-23-9-7-22(8-10-23)29(36)34-32-19-21-14-26(39-3)17-27(15-21)40-4/h7-10,12-17,19,30-31H,5-6,11,18H2,1-4H3,(H,33,35)(H,34,36)/b32-19+. The van der Waals surface area contributed by atoms with Crippen LogP contribution in [0.15, 0.2) is 65.8 Å². The lowest BCUT2D eigenvalue weighted by atomic mass is 10.2. The van der Waals surface area contributed by atoms with Crippen LogP contribution in [0.4, 0.5) is 5.69 Å². The first-order valence-corrected chi connectivity index (χ1v) is 12.6. The van der Waals surface area contributed by atoms with Crippen molar-refractivity contribution in [2.45, 2.75) is 19.4 Å². The van der Waals surface area contributed by atoms with E-state index in [0.717, 1.165) is 16.8 Å². The molecule has 0 bridgehead atoms. The van der Waals surface area contributed by atoms with Gasteiger partial charge < -0.3 is 24.3 Å². The van der Waals surface area contributed by atoms with Crippen LogP contribution in [0, 0.1) is 0 Å². The fourth-order valence-corrected chi connectivity index (χ4v) is 3.63. The summed E-state index contributed by atoms with van der Waals surface area (Å²) in [7, 11) is 6.31. The molecule has 4 N–H and O–H groups in total. The van der Waals surface area contributed by atoms with Crippen molar-refractivity contribution >= 4 is 23.7 Å². The van der Waals surface area contributed by atoms with Crippen LogP contribution in [-0.4, -0.2) is 53.0 Å². The highest BCUT2D eigenvalue weighted by molar-refractivity contribution is 5.95. The molecule has 11 nitrogen and oxygen atoms in total. The number of anilines is 1. The zero-order chi connectivity index (χ0) is 28.7. The molecule has 11 heteroatoms. The number of benzene rings is 3. The third-order valence-electron chi connectivity index (χ3n) is 5.74. The molecule has 212 valence electrons. The largest absolute Gasteiger partial charge is 0.497 e. The molecule has 0 saturated heterocycles. The van der Waals surface area contributed by atoms with Crippen LogP contribution < -0.4 is 40.5 Å². The van der Waals surface area contributed by atoms with Crippen molar-refractivity contribution in [3.8, 4) is 23.0 Å². The van der Waals surface area contributed by atoms with Crippen molar-refractivity contribution in [1.82, 2.24) is 16.3 Å². The molecule has 0 atom stereocenters. The summed E-state index contributed by atoms with van der Waals surface area (Å²) in [6, 6.07) is 17.8. The monoisotopic (exact) mass is 549 g/mol. The van der Waals surface area contributed by atoms with Crippen molar-refractivity contribution < 1.29 is 28.5 Å². The number of ether oxygens (including phenoxy) is 4. The predicted molar refractivity (Wildman–Crippen MR) is 153 cm³/mol. The van der Waals surface area contributed by atoms with Gasteiger partial charge in [-0.3, -0.25) is 15.0 Å². The Bertz CT molecular complexity index is 1250. The Kier molecular flexibility index (Phi) is 11.6. The molecule has 3 aromatic rings. The molecule has 3 rings (SSSR count). The summed E-state index contributed by atoms with van der Waals surface area (Å²) in [5, 5.41) is 7.26. The SMILES string of the molecule is COc1cc(/C=N/NC(=O)c2ccc(NCCCC(=O)NNCc3cc(OC)cc(OC)c3)cc2)cc(OC)c1. The van der Waals surface area contributed by atoms with Crippen LogP contribution in [0.25, 0.3) is 0 Å². The Balaban J connectivity index is 1.36. The second-order valence-electron chi connectivity index (χ2n) is 8.58. The Morgan fingerprint density at radius 3 is 1.95 bits per heavy atom. The van der Waals surface area contributed by atoms with Crippen LogP contribution in [0.2, 0.25) is 0 Å². The molecule has 0 aliphatic heterocycles. The van der Waals surface area contributed by atoms with E-state index < -0.39 is 0 Å². The van der Waals surface area contributed by atoms with Gasteiger partial charge in [0, 0.05) is 48.5 Å². The molecule has 3 aromatic carbocycles. The van der Waals surface area contributed by atoms with E-state index in [9.17, 15) is 9.59 Å². The van der Waals surface area contributed by atoms with Crippen LogP contribution in [0.1, 0.15) is 34.3 Å². The average molecular weight is 550 g/mol. The number of nitrogens with zero attached hydrogens (tertiary/aromatic N) is 1. The van der Waals surface area contributed by atoms with Gasteiger partial charge >= 0.3 is 0 Å². The van der Waals surface area contributed by atoms with Crippen molar-refractivity contribution in [3.05, 3.63) is 77.4 Å². The van der Waals surface area contributed by atoms with E-state index >= 15 is 0 Å². The fourth-order valence-electron chi connectivity index (χ4n) is 3.63. The maximum absolute atomic E-state index is 12.4.